The first-order valence-corrected chi connectivity index (χ1v) is 6.60. The number of hydrogen-bond acceptors (Lipinski definition) is 0. The van der Waals surface area contributed by atoms with Gasteiger partial charge in [-0.15, -0.1) is 0 Å². The fourth-order valence-electron chi connectivity index (χ4n) is 2.27. The fourth-order valence-corrected chi connectivity index (χ4v) is 2.27. The number of rotatable bonds is 4. The SMILES string of the molecule is CC[N+](C)(Cc1ccc(C)cc1)c1ccccc1. The van der Waals surface area contributed by atoms with Crippen molar-refractivity contribution in [1.29, 1.82) is 0 Å². The Morgan fingerprint density at radius 1 is 0.889 bits per heavy atom. The number of nitrogens with zero attached hydrogens (tertiary/aromatic N) is 1. The van der Waals surface area contributed by atoms with Crippen LogP contribution in [0.25, 0.3) is 0 Å². The van der Waals surface area contributed by atoms with Crippen molar-refractivity contribution >= 4 is 5.69 Å². The van der Waals surface area contributed by atoms with Gasteiger partial charge in [0, 0.05) is 5.56 Å². The lowest BCUT2D eigenvalue weighted by molar-refractivity contribution is 0.339. The highest BCUT2D eigenvalue weighted by atomic mass is 15.3. The van der Waals surface area contributed by atoms with E-state index in [9.17, 15) is 0 Å². The average molecular weight is 240 g/mol. The Balaban J connectivity index is 2.26. The average Bonchev–Trinajstić information content (AvgIpc) is 2.42. The summed E-state index contributed by atoms with van der Waals surface area (Å²) < 4.78 is 0.948. The highest BCUT2D eigenvalue weighted by molar-refractivity contribution is 5.42. The molecule has 0 amide bonds. The molecule has 0 aliphatic heterocycles. The minimum atomic E-state index is 0.948. The lowest BCUT2D eigenvalue weighted by atomic mass is 10.1. The Kier molecular flexibility index (Phi) is 3.83. The van der Waals surface area contributed by atoms with Crippen molar-refractivity contribution in [3.63, 3.8) is 0 Å². The first-order valence-electron chi connectivity index (χ1n) is 6.60. The van der Waals surface area contributed by atoms with Crippen LogP contribution in [-0.4, -0.2) is 13.6 Å². The highest BCUT2D eigenvalue weighted by Gasteiger charge is 2.22. The number of hydrogen-bond donors (Lipinski definition) is 0. The molecule has 0 N–H and O–H groups in total. The summed E-state index contributed by atoms with van der Waals surface area (Å²) in [6, 6.07) is 19.6. The van der Waals surface area contributed by atoms with Gasteiger partial charge in [-0.05, 0) is 26.0 Å². The molecule has 0 aromatic heterocycles. The first kappa shape index (κ1) is 12.8. The van der Waals surface area contributed by atoms with E-state index in [0.29, 0.717) is 0 Å². The van der Waals surface area contributed by atoms with Crippen molar-refractivity contribution < 1.29 is 0 Å². The molecular formula is C17H22N+. The lowest BCUT2D eigenvalue weighted by Crippen LogP contribution is -2.43. The van der Waals surface area contributed by atoms with E-state index in [-0.39, 0.29) is 0 Å². The van der Waals surface area contributed by atoms with Gasteiger partial charge in [0.15, 0.2) is 0 Å². The van der Waals surface area contributed by atoms with E-state index in [1.54, 1.807) is 0 Å². The van der Waals surface area contributed by atoms with Gasteiger partial charge in [0.25, 0.3) is 0 Å². The second-order valence-electron chi connectivity index (χ2n) is 5.19. The van der Waals surface area contributed by atoms with Crippen molar-refractivity contribution in [2.24, 2.45) is 0 Å². The fraction of sp³-hybridized carbons (Fsp3) is 0.294. The Bertz CT molecular complexity index is 487. The third-order valence-corrected chi connectivity index (χ3v) is 3.73. The lowest BCUT2D eigenvalue weighted by Gasteiger charge is -2.33. The van der Waals surface area contributed by atoms with E-state index in [1.807, 2.05) is 0 Å². The topological polar surface area (TPSA) is 0 Å². The predicted molar refractivity (Wildman–Crippen MR) is 79.6 cm³/mol. The van der Waals surface area contributed by atoms with Crippen molar-refractivity contribution in [2.45, 2.75) is 20.4 Å². The maximum atomic E-state index is 2.30. The van der Waals surface area contributed by atoms with Crippen LogP contribution in [0.4, 0.5) is 5.69 Å². The zero-order valence-corrected chi connectivity index (χ0v) is 11.6. The summed E-state index contributed by atoms with van der Waals surface area (Å²) >= 11 is 0. The second-order valence-corrected chi connectivity index (χ2v) is 5.19. The largest absolute Gasteiger partial charge is 0.290 e. The minimum Gasteiger partial charge on any atom is -0.290 e. The number of para-hydroxylation sites is 1. The van der Waals surface area contributed by atoms with Crippen LogP contribution < -0.4 is 4.48 Å². The van der Waals surface area contributed by atoms with Crippen LogP contribution in [0.5, 0.6) is 0 Å². The molecule has 0 spiro atoms. The van der Waals surface area contributed by atoms with Gasteiger partial charge >= 0.3 is 0 Å². The molecule has 1 nitrogen and oxygen atoms in total. The molecule has 1 atom stereocenters. The van der Waals surface area contributed by atoms with E-state index in [4.69, 9.17) is 0 Å². The summed E-state index contributed by atoms with van der Waals surface area (Å²) in [6.07, 6.45) is 0. The number of benzene rings is 2. The molecule has 18 heavy (non-hydrogen) atoms. The molecule has 1 heteroatoms. The highest BCUT2D eigenvalue weighted by Crippen LogP contribution is 2.23. The zero-order chi connectivity index (χ0) is 13.0. The molecule has 0 aliphatic rings. The molecule has 2 aromatic rings. The van der Waals surface area contributed by atoms with E-state index >= 15 is 0 Å². The van der Waals surface area contributed by atoms with Gasteiger partial charge in [-0.3, -0.25) is 4.48 Å². The quantitative estimate of drug-likeness (QED) is 0.704. The van der Waals surface area contributed by atoms with E-state index < -0.39 is 0 Å². The van der Waals surface area contributed by atoms with Crippen molar-refractivity contribution in [1.82, 2.24) is 4.48 Å². The summed E-state index contributed by atoms with van der Waals surface area (Å²) in [6.45, 7) is 6.52. The Hall–Kier alpha value is -1.60. The van der Waals surface area contributed by atoms with Gasteiger partial charge < -0.3 is 0 Å². The molecule has 0 fully saturated rings. The standard InChI is InChI=1S/C17H22N/c1-4-18(3,17-8-6-5-7-9-17)14-16-12-10-15(2)11-13-16/h5-13H,4,14H2,1-3H3/q+1. The molecule has 0 bridgehead atoms. The number of quaternary nitrogens is 1. The molecule has 1 unspecified atom stereocenters. The Morgan fingerprint density at radius 2 is 1.50 bits per heavy atom. The Morgan fingerprint density at radius 3 is 2.06 bits per heavy atom. The number of aryl methyl sites for hydroxylation is 1. The molecule has 0 heterocycles. The van der Waals surface area contributed by atoms with Gasteiger partial charge in [-0.25, -0.2) is 0 Å². The van der Waals surface area contributed by atoms with Crippen LogP contribution in [0.15, 0.2) is 54.6 Å². The van der Waals surface area contributed by atoms with Gasteiger partial charge in [0.1, 0.15) is 12.2 Å². The van der Waals surface area contributed by atoms with Crippen molar-refractivity contribution in [3.05, 3.63) is 65.7 Å². The summed E-state index contributed by atoms with van der Waals surface area (Å²) in [5, 5.41) is 0. The zero-order valence-electron chi connectivity index (χ0n) is 11.6. The molecule has 0 saturated carbocycles. The molecule has 2 rings (SSSR count). The summed E-state index contributed by atoms with van der Waals surface area (Å²) in [5.41, 5.74) is 4.10. The third-order valence-electron chi connectivity index (χ3n) is 3.73. The minimum absolute atomic E-state index is 0.948. The maximum Gasteiger partial charge on any atom is 0.132 e. The van der Waals surface area contributed by atoms with Crippen LogP contribution in [0.2, 0.25) is 0 Å². The predicted octanol–water partition coefficient (Wildman–Crippen LogP) is 4.15. The van der Waals surface area contributed by atoms with Crippen LogP contribution in [0, 0.1) is 6.92 Å². The van der Waals surface area contributed by atoms with Crippen LogP contribution in [0.1, 0.15) is 18.1 Å². The van der Waals surface area contributed by atoms with Gasteiger partial charge in [-0.2, -0.15) is 0 Å². The summed E-state index contributed by atoms with van der Waals surface area (Å²) in [4.78, 5) is 0. The molecule has 0 aliphatic carbocycles. The first-order chi connectivity index (χ1) is 8.64. The molecule has 0 saturated heterocycles. The van der Waals surface area contributed by atoms with E-state index in [2.05, 4.69) is 75.5 Å². The molecular weight excluding hydrogens is 218 g/mol. The van der Waals surface area contributed by atoms with Gasteiger partial charge in [-0.1, -0.05) is 48.0 Å². The van der Waals surface area contributed by atoms with Crippen LogP contribution in [-0.2, 0) is 6.54 Å². The smallest absolute Gasteiger partial charge is 0.132 e. The monoisotopic (exact) mass is 240 g/mol. The van der Waals surface area contributed by atoms with E-state index in [0.717, 1.165) is 17.6 Å². The molecule has 0 radical (unpaired) electrons. The van der Waals surface area contributed by atoms with E-state index in [1.165, 1.54) is 16.8 Å². The van der Waals surface area contributed by atoms with Gasteiger partial charge in [0.05, 0.1) is 13.6 Å². The molecule has 94 valence electrons. The third kappa shape index (κ3) is 2.80. The van der Waals surface area contributed by atoms with Crippen molar-refractivity contribution in [2.75, 3.05) is 13.6 Å². The summed E-state index contributed by atoms with van der Waals surface area (Å²) in [7, 11) is 2.30. The molecule has 2 aromatic carbocycles. The maximum absolute atomic E-state index is 2.30. The van der Waals surface area contributed by atoms with Crippen LogP contribution >= 0.6 is 0 Å². The van der Waals surface area contributed by atoms with Gasteiger partial charge in [0.2, 0.25) is 0 Å². The summed E-state index contributed by atoms with van der Waals surface area (Å²) in [5.74, 6) is 0. The Labute approximate surface area is 110 Å². The second kappa shape index (κ2) is 5.36. The van der Waals surface area contributed by atoms with Crippen LogP contribution in [0.3, 0.4) is 0 Å². The normalized spacial score (nSPS) is 14.2. The van der Waals surface area contributed by atoms with Crippen molar-refractivity contribution in [3.8, 4) is 0 Å².